The van der Waals surface area contributed by atoms with Gasteiger partial charge in [0.2, 0.25) is 0 Å². The van der Waals surface area contributed by atoms with Crippen molar-refractivity contribution < 1.29 is 0 Å². The van der Waals surface area contributed by atoms with Crippen LogP contribution in [-0.2, 0) is 10.8 Å². The van der Waals surface area contributed by atoms with E-state index in [-0.39, 0.29) is 0 Å². The molecule has 300 valence electrons. The van der Waals surface area contributed by atoms with Gasteiger partial charge in [0.25, 0.3) is 0 Å². The summed E-state index contributed by atoms with van der Waals surface area (Å²) in [7, 11) is 0. The van der Waals surface area contributed by atoms with Gasteiger partial charge in [-0.15, -0.1) is 11.3 Å². The molecule has 0 saturated carbocycles. The van der Waals surface area contributed by atoms with Gasteiger partial charge in [-0.25, -0.2) is 0 Å². The normalized spacial score (nSPS) is 13.9. The zero-order valence-corrected chi connectivity index (χ0v) is 35.8. The third-order valence-corrected chi connectivity index (χ3v) is 15.1. The van der Waals surface area contributed by atoms with Gasteiger partial charge in [0.05, 0.1) is 22.2 Å². The Kier molecular flexibility index (Phi) is 8.28. The molecule has 1 aromatic heterocycles. The van der Waals surface area contributed by atoms with Crippen molar-refractivity contribution >= 4 is 48.6 Å². The fourth-order valence-electron chi connectivity index (χ4n) is 11.7. The van der Waals surface area contributed by atoms with Crippen LogP contribution in [0, 0.1) is 0 Å². The van der Waals surface area contributed by atoms with Crippen LogP contribution >= 0.6 is 11.3 Å². The van der Waals surface area contributed by atoms with Crippen molar-refractivity contribution in [3.05, 3.63) is 293 Å². The standard InChI is InChI=1S/C62H41NS/c1-5-22-42(23-6-1)61(43-24-7-2-8-25-43)51-35-18-15-32-48(51)58-52(61)36-19-38-54(58)63(45-28-11-4-12-29-45)55-39-21-41-57-60(55)59-53(37-20-40-56(59)64-57)62(44-26-9-3-10-27-44)49-33-16-13-30-46(49)47-31-14-17-34-50(47)62/h1-41H. The van der Waals surface area contributed by atoms with Gasteiger partial charge in [-0.05, 0) is 97.6 Å². The van der Waals surface area contributed by atoms with Gasteiger partial charge in [-0.1, -0.05) is 212 Å². The zero-order chi connectivity index (χ0) is 42.2. The van der Waals surface area contributed by atoms with E-state index in [2.05, 4.69) is 254 Å². The molecule has 2 aliphatic carbocycles. The Labute approximate surface area is 377 Å². The van der Waals surface area contributed by atoms with Gasteiger partial charge in [0.1, 0.15) is 0 Å². The van der Waals surface area contributed by atoms with Gasteiger partial charge in [0.15, 0.2) is 0 Å². The lowest BCUT2D eigenvalue weighted by Gasteiger charge is -2.35. The first kappa shape index (κ1) is 36.8. The topological polar surface area (TPSA) is 3.24 Å². The van der Waals surface area contributed by atoms with Crippen LogP contribution in [0.2, 0.25) is 0 Å². The average molecular weight is 832 g/mol. The molecule has 1 heterocycles. The van der Waals surface area contributed by atoms with E-state index in [1.54, 1.807) is 0 Å². The largest absolute Gasteiger partial charge is 0.309 e. The molecule has 13 rings (SSSR count). The molecule has 0 spiro atoms. The molecular weight excluding hydrogens is 791 g/mol. The number of anilines is 3. The first-order valence-corrected chi connectivity index (χ1v) is 23.0. The summed E-state index contributed by atoms with van der Waals surface area (Å²) in [5.74, 6) is 0. The quantitative estimate of drug-likeness (QED) is 0.155. The molecule has 2 heteroatoms. The van der Waals surface area contributed by atoms with Gasteiger partial charge in [-0.3, -0.25) is 0 Å². The van der Waals surface area contributed by atoms with E-state index in [1.165, 1.54) is 86.9 Å². The third-order valence-electron chi connectivity index (χ3n) is 14.0. The molecule has 0 fully saturated rings. The van der Waals surface area contributed by atoms with Crippen molar-refractivity contribution in [1.29, 1.82) is 0 Å². The average Bonchev–Trinajstić information content (AvgIpc) is 4.01. The van der Waals surface area contributed by atoms with E-state index in [0.29, 0.717) is 0 Å². The van der Waals surface area contributed by atoms with E-state index in [0.717, 1.165) is 17.1 Å². The number of nitrogens with zero attached hydrogens (tertiary/aromatic N) is 1. The van der Waals surface area contributed by atoms with E-state index in [4.69, 9.17) is 0 Å². The van der Waals surface area contributed by atoms with Crippen molar-refractivity contribution in [2.45, 2.75) is 10.8 Å². The number of fused-ring (bicyclic) bond motifs is 9. The Bertz CT molecular complexity index is 3470. The fourth-order valence-corrected chi connectivity index (χ4v) is 12.8. The van der Waals surface area contributed by atoms with E-state index >= 15 is 0 Å². The molecule has 11 aromatic rings. The first-order valence-electron chi connectivity index (χ1n) is 22.2. The number of benzene rings is 10. The zero-order valence-electron chi connectivity index (χ0n) is 35.0. The summed E-state index contributed by atoms with van der Waals surface area (Å²) in [4.78, 5) is 2.55. The number of rotatable bonds is 7. The van der Waals surface area contributed by atoms with Gasteiger partial charge < -0.3 is 4.90 Å². The van der Waals surface area contributed by atoms with Crippen molar-refractivity contribution in [1.82, 2.24) is 0 Å². The highest BCUT2D eigenvalue weighted by atomic mass is 32.1. The highest BCUT2D eigenvalue weighted by Gasteiger charge is 2.49. The maximum atomic E-state index is 2.55. The van der Waals surface area contributed by atoms with Crippen molar-refractivity contribution in [2.24, 2.45) is 0 Å². The minimum Gasteiger partial charge on any atom is -0.309 e. The third kappa shape index (κ3) is 5.00. The van der Waals surface area contributed by atoms with Crippen LogP contribution in [0.1, 0.15) is 44.5 Å². The van der Waals surface area contributed by atoms with Gasteiger partial charge in [-0.2, -0.15) is 0 Å². The van der Waals surface area contributed by atoms with Crippen LogP contribution in [-0.4, -0.2) is 0 Å². The molecule has 1 nitrogen and oxygen atoms in total. The Morgan fingerprint density at radius 1 is 0.281 bits per heavy atom. The molecule has 0 saturated heterocycles. The summed E-state index contributed by atoms with van der Waals surface area (Å²) < 4.78 is 2.54. The number of thiophene rings is 1. The summed E-state index contributed by atoms with van der Waals surface area (Å²) in [6.07, 6.45) is 0. The highest BCUT2D eigenvalue weighted by molar-refractivity contribution is 7.26. The maximum Gasteiger partial charge on any atom is 0.0720 e. The van der Waals surface area contributed by atoms with Crippen LogP contribution in [0.4, 0.5) is 17.1 Å². The Morgan fingerprint density at radius 2 is 0.688 bits per heavy atom. The second-order valence-corrected chi connectivity index (χ2v) is 18.1. The van der Waals surface area contributed by atoms with Crippen LogP contribution in [0.25, 0.3) is 42.4 Å². The minimum absolute atomic E-state index is 0.521. The van der Waals surface area contributed by atoms with Crippen molar-refractivity contribution in [3.8, 4) is 22.3 Å². The lowest BCUT2D eigenvalue weighted by molar-refractivity contribution is 0.768. The predicted molar refractivity (Wildman–Crippen MR) is 269 cm³/mol. The second-order valence-electron chi connectivity index (χ2n) is 17.0. The lowest BCUT2D eigenvalue weighted by Crippen LogP contribution is -2.28. The van der Waals surface area contributed by atoms with E-state index < -0.39 is 10.8 Å². The molecule has 0 aliphatic heterocycles. The Balaban J connectivity index is 1.15. The molecule has 0 unspecified atom stereocenters. The lowest BCUT2D eigenvalue weighted by atomic mass is 9.66. The molecule has 0 N–H and O–H groups in total. The van der Waals surface area contributed by atoms with Crippen LogP contribution in [0.5, 0.6) is 0 Å². The molecule has 64 heavy (non-hydrogen) atoms. The smallest absolute Gasteiger partial charge is 0.0720 e. The summed E-state index contributed by atoms with van der Waals surface area (Å²) in [6, 6.07) is 92.7. The summed E-state index contributed by atoms with van der Waals surface area (Å²) in [5.41, 5.74) is 17.8. The molecular formula is C62H41NS. The van der Waals surface area contributed by atoms with Crippen molar-refractivity contribution in [3.63, 3.8) is 0 Å². The number of hydrogen-bond donors (Lipinski definition) is 0. The SMILES string of the molecule is c1ccc(N(c2cccc3c2-c2ccccc2C3(c2ccccc2)c2ccccc2)c2cccc3sc4cccc(C5(c6ccccc6)c6ccccc6-c6ccccc65)c4c23)cc1. The van der Waals surface area contributed by atoms with Gasteiger partial charge >= 0.3 is 0 Å². The molecule has 0 bridgehead atoms. The molecule has 0 amide bonds. The summed E-state index contributed by atoms with van der Waals surface area (Å²) >= 11 is 1.89. The number of para-hydroxylation sites is 1. The van der Waals surface area contributed by atoms with Crippen LogP contribution in [0.15, 0.2) is 249 Å². The molecule has 10 aromatic carbocycles. The Hall–Kier alpha value is -7.78. The van der Waals surface area contributed by atoms with Crippen LogP contribution in [0.3, 0.4) is 0 Å². The Morgan fingerprint density at radius 3 is 1.28 bits per heavy atom. The van der Waals surface area contributed by atoms with Crippen LogP contribution < -0.4 is 4.90 Å². The van der Waals surface area contributed by atoms with Gasteiger partial charge in [0, 0.05) is 31.4 Å². The summed E-state index contributed by atoms with van der Waals surface area (Å²) in [6.45, 7) is 0. The molecule has 2 aliphatic rings. The first-order chi connectivity index (χ1) is 31.8. The predicted octanol–water partition coefficient (Wildman–Crippen LogP) is 16.3. The van der Waals surface area contributed by atoms with Crippen molar-refractivity contribution in [2.75, 3.05) is 4.90 Å². The molecule has 0 atom stereocenters. The monoisotopic (exact) mass is 831 g/mol. The summed E-state index contributed by atoms with van der Waals surface area (Å²) in [5, 5.41) is 2.56. The fraction of sp³-hybridized carbons (Fsp3) is 0.0323. The van der Waals surface area contributed by atoms with E-state index in [9.17, 15) is 0 Å². The highest BCUT2D eigenvalue weighted by Crippen LogP contribution is 2.62. The molecule has 0 radical (unpaired) electrons. The van der Waals surface area contributed by atoms with E-state index in [1.807, 2.05) is 11.3 Å². The number of hydrogen-bond acceptors (Lipinski definition) is 2. The minimum atomic E-state index is -0.551. The maximum absolute atomic E-state index is 2.55. The second kappa shape index (κ2) is 14.4.